The molecule has 0 atom stereocenters. The third kappa shape index (κ3) is 2.48. The van der Waals surface area contributed by atoms with E-state index >= 15 is 0 Å². The average Bonchev–Trinajstić information content (AvgIpc) is 2.44. The topological polar surface area (TPSA) is 104 Å². The molecule has 0 unspecified atom stereocenters. The van der Waals surface area contributed by atoms with Crippen LogP contribution >= 0.6 is 0 Å². The zero-order valence-electron chi connectivity index (χ0n) is 12.4. The molecule has 7 heteroatoms. The highest BCUT2D eigenvalue weighted by Crippen LogP contribution is 2.22. The van der Waals surface area contributed by atoms with Crippen molar-refractivity contribution in [3.05, 3.63) is 45.5 Å². The largest absolute Gasteiger partial charge is 0.508 e. The second-order valence-electron chi connectivity index (χ2n) is 5.08. The van der Waals surface area contributed by atoms with Crippen molar-refractivity contribution in [2.24, 2.45) is 0 Å². The molecule has 0 saturated heterocycles. The Morgan fingerprint density at radius 3 is 2.59 bits per heavy atom. The molecule has 0 amide bonds. The minimum absolute atomic E-state index is 0.134. The maximum atomic E-state index is 11.8. The van der Waals surface area contributed by atoms with E-state index in [9.17, 15) is 9.90 Å². The van der Waals surface area contributed by atoms with Crippen LogP contribution in [0.15, 0.2) is 23.0 Å². The van der Waals surface area contributed by atoms with E-state index in [1.54, 1.807) is 32.0 Å². The molecule has 0 spiro atoms. The lowest BCUT2D eigenvalue weighted by molar-refractivity contribution is 0.476. The first-order valence-corrected chi connectivity index (χ1v) is 6.76. The Balaban J connectivity index is 2.06. The smallest absolute Gasteiger partial charge is 0.255 e. The van der Waals surface area contributed by atoms with Crippen LogP contribution < -0.4 is 10.9 Å². The van der Waals surface area contributed by atoms with Gasteiger partial charge < -0.3 is 5.11 Å². The SMILES string of the molecule is Cc1nc(Nc2nc(C)c3ccc(O)cc3n2)[nH]c(=O)c1C. The second kappa shape index (κ2) is 5.10. The normalized spacial score (nSPS) is 10.9. The highest BCUT2D eigenvalue weighted by molar-refractivity contribution is 5.83. The number of rotatable bonds is 2. The van der Waals surface area contributed by atoms with Crippen molar-refractivity contribution in [2.75, 3.05) is 5.32 Å². The van der Waals surface area contributed by atoms with Gasteiger partial charge in [0, 0.05) is 22.7 Å². The molecule has 0 bridgehead atoms. The molecule has 3 N–H and O–H groups in total. The quantitative estimate of drug-likeness (QED) is 0.669. The number of phenolic OH excluding ortho intramolecular Hbond substituents is 1. The summed E-state index contributed by atoms with van der Waals surface area (Å²) in [5.41, 5.74) is 2.39. The number of anilines is 2. The van der Waals surface area contributed by atoms with Crippen molar-refractivity contribution < 1.29 is 5.11 Å². The molecular weight excluding hydrogens is 282 g/mol. The van der Waals surface area contributed by atoms with Crippen LogP contribution in [-0.2, 0) is 0 Å². The molecule has 0 saturated carbocycles. The van der Waals surface area contributed by atoms with Crippen LogP contribution in [0.25, 0.3) is 10.9 Å². The van der Waals surface area contributed by atoms with Crippen LogP contribution in [-0.4, -0.2) is 25.0 Å². The third-order valence-electron chi connectivity index (χ3n) is 3.50. The summed E-state index contributed by atoms with van der Waals surface area (Å²) in [6, 6.07) is 4.92. The van der Waals surface area contributed by atoms with Gasteiger partial charge in [-0.15, -0.1) is 0 Å². The lowest BCUT2D eigenvalue weighted by atomic mass is 10.2. The van der Waals surface area contributed by atoms with Crippen molar-refractivity contribution in [1.82, 2.24) is 19.9 Å². The van der Waals surface area contributed by atoms with E-state index in [1.807, 2.05) is 6.92 Å². The van der Waals surface area contributed by atoms with Crippen LogP contribution in [0.2, 0.25) is 0 Å². The number of H-pyrrole nitrogens is 1. The van der Waals surface area contributed by atoms with Gasteiger partial charge in [0.25, 0.3) is 5.56 Å². The van der Waals surface area contributed by atoms with Gasteiger partial charge in [-0.3, -0.25) is 15.1 Å². The van der Waals surface area contributed by atoms with E-state index in [1.165, 1.54) is 0 Å². The molecule has 112 valence electrons. The Bertz CT molecular complexity index is 933. The fourth-order valence-electron chi connectivity index (χ4n) is 2.14. The van der Waals surface area contributed by atoms with Crippen molar-refractivity contribution in [3.8, 4) is 5.75 Å². The Hall–Kier alpha value is -2.96. The van der Waals surface area contributed by atoms with Crippen molar-refractivity contribution in [1.29, 1.82) is 0 Å². The molecule has 0 radical (unpaired) electrons. The number of nitrogens with one attached hydrogen (secondary N) is 2. The predicted octanol–water partition coefficient (Wildman–Crippen LogP) is 2.09. The molecule has 0 aliphatic rings. The fraction of sp³-hybridized carbons (Fsp3) is 0.200. The highest BCUT2D eigenvalue weighted by atomic mass is 16.3. The Labute approximate surface area is 126 Å². The first-order chi connectivity index (χ1) is 10.4. The Morgan fingerprint density at radius 2 is 1.86 bits per heavy atom. The van der Waals surface area contributed by atoms with E-state index in [-0.39, 0.29) is 17.3 Å². The molecule has 3 aromatic rings. The molecular formula is C15H15N5O2. The molecule has 2 aromatic heterocycles. The number of hydrogen-bond donors (Lipinski definition) is 3. The lowest BCUT2D eigenvalue weighted by Gasteiger charge is -2.08. The number of hydrogen-bond acceptors (Lipinski definition) is 6. The summed E-state index contributed by atoms with van der Waals surface area (Å²) in [7, 11) is 0. The van der Waals surface area contributed by atoms with E-state index in [2.05, 4.69) is 25.3 Å². The van der Waals surface area contributed by atoms with Crippen LogP contribution in [0.3, 0.4) is 0 Å². The molecule has 0 fully saturated rings. The monoisotopic (exact) mass is 297 g/mol. The van der Waals surface area contributed by atoms with Gasteiger partial charge in [0.05, 0.1) is 11.2 Å². The van der Waals surface area contributed by atoms with Gasteiger partial charge >= 0.3 is 0 Å². The zero-order chi connectivity index (χ0) is 15.9. The summed E-state index contributed by atoms with van der Waals surface area (Å²) in [5.74, 6) is 0.725. The first kappa shape index (κ1) is 14.0. The molecule has 7 nitrogen and oxygen atoms in total. The van der Waals surface area contributed by atoms with Gasteiger partial charge in [-0.05, 0) is 32.9 Å². The summed E-state index contributed by atoms with van der Waals surface area (Å²) < 4.78 is 0. The minimum atomic E-state index is -0.204. The minimum Gasteiger partial charge on any atom is -0.508 e. The maximum absolute atomic E-state index is 11.8. The Morgan fingerprint density at radius 1 is 1.09 bits per heavy atom. The third-order valence-corrected chi connectivity index (χ3v) is 3.50. The number of aromatic hydroxyl groups is 1. The van der Waals surface area contributed by atoms with Crippen molar-refractivity contribution in [3.63, 3.8) is 0 Å². The van der Waals surface area contributed by atoms with Gasteiger partial charge in [0.15, 0.2) is 0 Å². The summed E-state index contributed by atoms with van der Waals surface area (Å²) in [6.45, 7) is 5.33. The van der Waals surface area contributed by atoms with E-state index in [0.717, 1.165) is 11.1 Å². The highest BCUT2D eigenvalue weighted by Gasteiger charge is 2.08. The number of nitrogens with zero attached hydrogens (tertiary/aromatic N) is 3. The summed E-state index contributed by atoms with van der Waals surface area (Å²) in [6.07, 6.45) is 0. The van der Waals surface area contributed by atoms with Gasteiger partial charge in [-0.1, -0.05) is 0 Å². The number of phenols is 1. The van der Waals surface area contributed by atoms with Crippen LogP contribution in [0.1, 0.15) is 17.0 Å². The number of fused-ring (bicyclic) bond motifs is 1. The van der Waals surface area contributed by atoms with Crippen LogP contribution in [0.5, 0.6) is 5.75 Å². The van der Waals surface area contributed by atoms with Crippen molar-refractivity contribution >= 4 is 22.8 Å². The molecule has 3 rings (SSSR count). The summed E-state index contributed by atoms with van der Waals surface area (Å²) >= 11 is 0. The maximum Gasteiger partial charge on any atom is 0.255 e. The standard InChI is InChI=1S/C15H15N5O2/c1-7-8(2)16-15(19-13(7)22)20-14-17-9(3)11-5-4-10(21)6-12(11)18-14/h4-6,21H,1-3H3,(H2,16,17,18,19,20,22). The van der Waals surface area contributed by atoms with E-state index in [0.29, 0.717) is 22.7 Å². The lowest BCUT2D eigenvalue weighted by Crippen LogP contribution is -2.16. The van der Waals surface area contributed by atoms with Gasteiger partial charge in [-0.2, -0.15) is 0 Å². The number of aromatic amines is 1. The number of aromatic nitrogens is 4. The predicted molar refractivity (Wildman–Crippen MR) is 83.6 cm³/mol. The van der Waals surface area contributed by atoms with Gasteiger partial charge in [-0.25, -0.2) is 15.0 Å². The van der Waals surface area contributed by atoms with Crippen molar-refractivity contribution in [2.45, 2.75) is 20.8 Å². The first-order valence-electron chi connectivity index (χ1n) is 6.76. The molecule has 22 heavy (non-hydrogen) atoms. The van der Waals surface area contributed by atoms with Crippen LogP contribution in [0, 0.1) is 20.8 Å². The second-order valence-corrected chi connectivity index (χ2v) is 5.08. The van der Waals surface area contributed by atoms with E-state index < -0.39 is 0 Å². The average molecular weight is 297 g/mol. The van der Waals surface area contributed by atoms with Gasteiger partial charge in [0.2, 0.25) is 11.9 Å². The molecule has 1 aromatic carbocycles. The zero-order valence-corrected chi connectivity index (χ0v) is 12.4. The molecule has 0 aliphatic carbocycles. The Kier molecular flexibility index (Phi) is 3.25. The molecule has 2 heterocycles. The molecule has 0 aliphatic heterocycles. The van der Waals surface area contributed by atoms with Crippen LogP contribution in [0.4, 0.5) is 11.9 Å². The van der Waals surface area contributed by atoms with Gasteiger partial charge in [0.1, 0.15) is 5.75 Å². The number of benzene rings is 1. The summed E-state index contributed by atoms with van der Waals surface area (Å²) in [5, 5.41) is 13.3. The number of aryl methyl sites for hydroxylation is 2. The fourth-order valence-corrected chi connectivity index (χ4v) is 2.14. The van der Waals surface area contributed by atoms with E-state index in [4.69, 9.17) is 0 Å². The summed E-state index contributed by atoms with van der Waals surface area (Å²) in [4.78, 5) is 27.3.